The lowest BCUT2D eigenvalue weighted by atomic mass is 10.3. The number of ether oxygens (including phenoxy) is 1. The average Bonchev–Trinajstić information content (AvgIpc) is 2.25. The molecule has 0 spiro atoms. The van der Waals surface area contributed by atoms with Gasteiger partial charge in [0.15, 0.2) is 0 Å². The Balaban J connectivity index is 2.52. The number of hydrogen-bond donors (Lipinski definition) is 0. The van der Waals surface area contributed by atoms with E-state index in [1.165, 1.54) is 0 Å². The standard InChI is InChI=1S/C7H10F3NO6S/c8-7(9,10)18(14,15)17-4-5-3-11(6(12)13)1-2-16-5/h5H,1-4H2,(H,12,13)/p-1. The van der Waals surface area contributed by atoms with Gasteiger partial charge in [-0.05, 0) is 0 Å². The highest BCUT2D eigenvalue weighted by atomic mass is 32.2. The molecule has 1 rings (SSSR count). The Labute approximate surface area is 100 Å². The summed E-state index contributed by atoms with van der Waals surface area (Å²) in [4.78, 5) is 11.3. The molecule has 7 nitrogen and oxygen atoms in total. The average molecular weight is 292 g/mol. The lowest BCUT2D eigenvalue weighted by Crippen LogP contribution is -2.52. The molecule has 1 aliphatic heterocycles. The second kappa shape index (κ2) is 5.28. The van der Waals surface area contributed by atoms with Crippen molar-refractivity contribution in [2.24, 2.45) is 0 Å². The number of morpholine rings is 1. The van der Waals surface area contributed by atoms with Crippen molar-refractivity contribution >= 4 is 16.2 Å². The van der Waals surface area contributed by atoms with Crippen LogP contribution in [0.1, 0.15) is 0 Å². The van der Waals surface area contributed by atoms with E-state index >= 15 is 0 Å². The number of hydrogen-bond acceptors (Lipinski definition) is 6. The van der Waals surface area contributed by atoms with E-state index in [0.29, 0.717) is 0 Å². The molecular weight excluding hydrogens is 283 g/mol. The Bertz CT molecular complexity index is 408. The summed E-state index contributed by atoms with van der Waals surface area (Å²) in [5.41, 5.74) is -5.52. The second-order valence-corrected chi connectivity index (χ2v) is 5.00. The third-order valence-corrected chi connectivity index (χ3v) is 3.10. The molecule has 0 aromatic rings. The van der Waals surface area contributed by atoms with Crippen LogP contribution in [0.4, 0.5) is 18.0 Å². The van der Waals surface area contributed by atoms with Crippen LogP contribution in [0.25, 0.3) is 0 Å². The van der Waals surface area contributed by atoms with Crippen LogP contribution in [0.5, 0.6) is 0 Å². The molecule has 1 aliphatic rings. The molecule has 1 unspecified atom stereocenters. The Morgan fingerprint density at radius 2 is 2.11 bits per heavy atom. The summed E-state index contributed by atoms with van der Waals surface area (Å²) in [5, 5.41) is 10.5. The number of rotatable bonds is 3. The number of alkyl halides is 3. The number of halogens is 3. The minimum atomic E-state index is -5.70. The van der Waals surface area contributed by atoms with Crippen LogP contribution in [0.15, 0.2) is 0 Å². The van der Waals surface area contributed by atoms with E-state index in [1.54, 1.807) is 0 Å². The molecule has 106 valence electrons. The zero-order chi connectivity index (χ0) is 14.0. The molecule has 0 radical (unpaired) electrons. The SMILES string of the molecule is O=C([O-])N1CCOC(COS(=O)(=O)C(F)(F)F)C1. The second-order valence-electron chi connectivity index (χ2n) is 3.39. The first kappa shape index (κ1) is 15.0. The van der Waals surface area contributed by atoms with Crippen molar-refractivity contribution < 1.29 is 40.4 Å². The maximum absolute atomic E-state index is 11.9. The summed E-state index contributed by atoms with van der Waals surface area (Å²) in [7, 11) is -5.70. The van der Waals surface area contributed by atoms with Gasteiger partial charge < -0.3 is 19.5 Å². The van der Waals surface area contributed by atoms with E-state index in [1.807, 2.05) is 0 Å². The molecule has 1 saturated heterocycles. The van der Waals surface area contributed by atoms with E-state index in [2.05, 4.69) is 4.18 Å². The third kappa shape index (κ3) is 3.71. The Morgan fingerprint density at radius 3 is 2.61 bits per heavy atom. The first-order chi connectivity index (χ1) is 8.13. The van der Waals surface area contributed by atoms with Gasteiger partial charge in [-0.2, -0.15) is 21.6 Å². The molecule has 1 heterocycles. The lowest BCUT2D eigenvalue weighted by Gasteiger charge is -2.34. The minimum absolute atomic E-state index is 0.00482. The normalized spacial score (nSPS) is 21.9. The summed E-state index contributed by atoms with van der Waals surface area (Å²) in [6.45, 7) is -1.29. The van der Waals surface area contributed by atoms with Gasteiger partial charge in [0.1, 0.15) is 6.09 Å². The van der Waals surface area contributed by atoms with E-state index in [0.717, 1.165) is 4.90 Å². The smallest absolute Gasteiger partial charge is 0.523 e. The molecule has 0 aromatic heterocycles. The van der Waals surface area contributed by atoms with Gasteiger partial charge >= 0.3 is 15.6 Å². The number of carbonyl (C=O) groups excluding carboxylic acids is 1. The van der Waals surface area contributed by atoms with Gasteiger partial charge in [0, 0.05) is 13.1 Å². The van der Waals surface area contributed by atoms with Gasteiger partial charge in [-0.1, -0.05) is 0 Å². The first-order valence-electron chi connectivity index (χ1n) is 4.66. The van der Waals surface area contributed by atoms with Gasteiger partial charge in [-0.15, -0.1) is 0 Å². The molecule has 1 atom stereocenters. The molecule has 1 fully saturated rings. The molecule has 1 amide bonds. The lowest BCUT2D eigenvalue weighted by molar-refractivity contribution is -0.270. The molecule has 0 N–H and O–H groups in total. The molecule has 0 saturated carbocycles. The quantitative estimate of drug-likeness (QED) is 0.484. The summed E-state index contributed by atoms with van der Waals surface area (Å²) in [5.74, 6) is 0. The predicted octanol–water partition coefficient (Wildman–Crippen LogP) is -1.10. The highest BCUT2D eigenvalue weighted by Gasteiger charge is 2.47. The number of nitrogens with zero attached hydrogens (tertiary/aromatic N) is 1. The van der Waals surface area contributed by atoms with Gasteiger partial charge in [0.05, 0.1) is 19.3 Å². The number of carbonyl (C=O) groups is 1. The first-order valence-corrected chi connectivity index (χ1v) is 6.07. The van der Waals surface area contributed by atoms with Crippen LogP contribution in [0.2, 0.25) is 0 Å². The van der Waals surface area contributed by atoms with Crippen molar-refractivity contribution in [1.29, 1.82) is 0 Å². The van der Waals surface area contributed by atoms with E-state index in [4.69, 9.17) is 4.74 Å². The monoisotopic (exact) mass is 292 g/mol. The van der Waals surface area contributed by atoms with Crippen molar-refractivity contribution in [3.8, 4) is 0 Å². The van der Waals surface area contributed by atoms with Crippen LogP contribution < -0.4 is 5.11 Å². The zero-order valence-electron chi connectivity index (χ0n) is 8.84. The van der Waals surface area contributed by atoms with Crippen molar-refractivity contribution in [1.82, 2.24) is 4.90 Å². The molecule has 11 heteroatoms. The Hall–Kier alpha value is -1.07. The van der Waals surface area contributed by atoms with Gasteiger partial charge in [0.2, 0.25) is 0 Å². The Kier molecular flexibility index (Phi) is 4.40. The van der Waals surface area contributed by atoms with Crippen molar-refractivity contribution in [2.75, 3.05) is 26.3 Å². The van der Waals surface area contributed by atoms with E-state index in [-0.39, 0.29) is 19.7 Å². The maximum atomic E-state index is 11.9. The predicted molar refractivity (Wildman–Crippen MR) is 47.6 cm³/mol. The van der Waals surface area contributed by atoms with Crippen LogP contribution >= 0.6 is 0 Å². The highest BCUT2D eigenvalue weighted by Crippen LogP contribution is 2.24. The summed E-state index contributed by atoms with van der Waals surface area (Å²) < 4.78 is 65.5. The Morgan fingerprint density at radius 1 is 1.50 bits per heavy atom. The van der Waals surface area contributed by atoms with Crippen LogP contribution in [-0.2, 0) is 19.0 Å². The largest absolute Gasteiger partial charge is 0.530 e. The van der Waals surface area contributed by atoms with Crippen LogP contribution in [-0.4, -0.2) is 57.3 Å². The summed E-state index contributed by atoms with van der Waals surface area (Å²) in [6.07, 6.45) is -2.60. The molecule has 0 aromatic carbocycles. The minimum Gasteiger partial charge on any atom is -0.530 e. The molecule has 0 bridgehead atoms. The fourth-order valence-corrected chi connectivity index (χ4v) is 1.68. The van der Waals surface area contributed by atoms with Gasteiger partial charge in [-0.25, -0.2) is 0 Å². The fraction of sp³-hybridized carbons (Fsp3) is 0.857. The maximum Gasteiger partial charge on any atom is 0.523 e. The van der Waals surface area contributed by atoms with Crippen molar-refractivity contribution in [3.05, 3.63) is 0 Å². The van der Waals surface area contributed by atoms with Gasteiger partial charge in [-0.3, -0.25) is 4.18 Å². The number of amides is 1. The molecule has 18 heavy (non-hydrogen) atoms. The topological polar surface area (TPSA) is 96.0 Å². The fourth-order valence-electron chi connectivity index (χ4n) is 1.22. The molecule has 0 aliphatic carbocycles. The summed E-state index contributed by atoms with van der Waals surface area (Å²) in [6, 6.07) is 0. The highest BCUT2D eigenvalue weighted by molar-refractivity contribution is 7.87. The summed E-state index contributed by atoms with van der Waals surface area (Å²) >= 11 is 0. The van der Waals surface area contributed by atoms with Crippen molar-refractivity contribution in [2.45, 2.75) is 11.6 Å². The van der Waals surface area contributed by atoms with E-state index < -0.39 is 34.4 Å². The van der Waals surface area contributed by atoms with Crippen LogP contribution in [0, 0.1) is 0 Å². The van der Waals surface area contributed by atoms with Gasteiger partial charge in [0.25, 0.3) is 0 Å². The third-order valence-electron chi connectivity index (χ3n) is 2.09. The van der Waals surface area contributed by atoms with E-state index in [9.17, 15) is 31.5 Å². The van der Waals surface area contributed by atoms with Crippen molar-refractivity contribution in [3.63, 3.8) is 0 Å². The number of carboxylic acid groups (broad SMARTS) is 1. The van der Waals surface area contributed by atoms with Crippen LogP contribution in [0.3, 0.4) is 0 Å². The zero-order valence-corrected chi connectivity index (χ0v) is 9.66. The molecular formula is C7H9F3NO6S-.